The summed E-state index contributed by atoms with van der Waals surface area (Å²) in [7, 11) is 8.73. The minimum Gasteiger partial charge on any atom is -0.493 e. The van der Waals surface area contributed by atoms with Gasteiger partial charge >= 0.3 is 11.9 Å². The molecule has 0 heterocycles. The SMILES string of the molecule is COc1cc(C(=O)Oc2ccc(C=NNC(=O)CCCCC(=O)NN=Cc3ccc(OC(=O)c4cc(OC)c(OC)c(OC)c4)cc3)cc2)cc(OC)c1OC. The van der Waals surface area contributed by atoms with Gasteiger partial charge in [-0.1, -0.05) is 0 Å². The second kappa shape index (κ2) is 21.0. The molecule has 0 bridgehead atoms. The number of esters is 2. The highest BCUT2D eigenvalue weighted by atomic mass is 16.6. The molecule has 0 aliphatic rings. The van der Waals surface area contributed by atoms with Crippen molar-refractivity contribution in [3.05, 3.63) is 95.1 Å². The largest absolute Gasteiger partial charge is 0.493 e. The van der Waals surface area contributed by atoms with Crippen molar-refractivity contribution in [2.45, 2.75) is 25.7 Å². The van der Waals surface area contributed by atoms with Crippen molar-refractivity contribution >= 4 is 36.2 Å². The molecule has 4 rings (SSSR count). The van der Waals surface area contributed by atoms with Gasteiger partial charge < -0.3 is 37.9 Å². The Kier molecular flexibility index (Phi) is 15.6. The van der Waals surface area contributed by atoms with Crippen LogP contribution in [0.5, 0.6) is 46.0 Å². The molecule has 0 unspecified atom stereocenters. The van der Waals surface area contributed by atoms with Crippen LogP contribution in [-0.2, 0) is 9.59 Å². The van der Waals surface area contributed by atoms with E-state index < -0.39 is 11.9 Å². The Hall–Kier alpha value is -7.10. The minimum atomic E-state index is -0.622. The summed E-state index contributed by atoms with van der Waals surface area (Å²) >= 11 is 0. The molecule has 0 radical (unpaired) electrons. The van der Waals surface area contributed by atoms with Gasteiger partial charge in [-0.15, -0.1) is 0 Å². The van der Waals surface area contributed by atoms with E-state index in [2.05, 4.69) is 21.1 Å². The number of methoxy groups -OCH3 is 6. The van der Waals surface area contributed by atoms with E-state index in [0.29, 0.717) is 70.0 Å². The third-order valence-corrected chi connectivity index (χ3v) is 7.85. The molecule has 4 aromatic rings. The van der Waals surface area contributed by atoms with Gasteiger partial charge in [0.15, 0.2) is 23.0 Å². The third-order valence-electron chi connectivity index (χ3n) is 7.85. The molecule has 0 saturated heterocycles. The number of nitrogens with zero attached hydrogens (tertiary/aromatic N) is 2. The molecule has 0 saturated carbocycles. The first-order chi connectivity index (χ1) is 27.1. The van der Waals surface area contributed by atoms with Crippen molar-refractivity contribution in [1.29, 1.82) is 0 Å². The maximum absolute atomic E-state index is 12.7. The highest BCUT2D eigenvalue weighted by molar-refractivity contribution is 5.94. The Morgan fingerprint density at radius 2 is 0.821 bits per heavy atom. The molecule has 56 heavy (non-hydrogen) atoms. The summed E-state index contributed by atoms with van der Waals surface area (Å²) in [5.41, 5.74) is 6.63. The van der Waals surface area contributed by atoms with Gasteiger partial charge in [-0.05, 0) is 96.8 Å². The quantitative estimate of drug-likeness (QED) is 0.0410. The Bertz CT molecular complexity index is 1850. The number of carbonyl (C=O) groups is 4. The number of rotatable bonds is 19. The van der Waals surface area contributed by atoms with Crippen LogP contribution in [0.2, 0.25) is 0 Å². The number of ether oxygens (including phenoxy) is 8. The molecule has 294 valence electrons. The first-order valence-electron chi connectivity index (χ1n) is 17.0. The highest BCUT2D eigenvalue weighted by Crippen LogP contribution is 2.39. The molecule has 4 aromatic carbocycles. The van der Waals surface area contributed by atoms with Crippen molar-refractivity contribution in [3.63, 3.8) is 0 Å². The van der Waals surface area contributed by atoms with Crippen LogP contribution in [0.4, 0.5) is 0 Å². The van der Waals surface area contributed by atoms with Gasteiger partial charge in [0.25, 0.3) is 0 Å². The fraction of sp³-hybridized carbons (Fsp3) is 0.250. The Balaban J connectivity index is 1.13. The van der Waals surface area contributed by atoms with Gasteiger partial charge in [0.2, 0.25) is 23.3 Å². The zero-order valence-electron chi connectivity index (χ0n) is 31.7. The smallest absolute Gasteiger partial charge is 0.343 e. The standard InChI is InChI=1S/C40H42N4O12/c1-49-31-19-27(20-32(50-2)37(31)53-5)39(47)55-29-15-11-25(12-16-29)23-41-43-35(45)9-7-8-10-36(46)44-42-24-26-13-17-30(18-14-26)56-40(48)28-21-33(51-3)38(54-6)34(22-28)52-4/h11-24H,7-10H2,1-6H3,(H,43,45)(H,44,46). The van der Waals surface area contributed by atoms with E-state index in [4.69, 9.17) is 37.9 Å². The van der Waals surface area contributed by atoms with E-state index in [1.165, 1.54) is 79.4 Å². The second-order valence-corrected chi connectivity index (χ2v) is 11.5. The van der Waals surface area contributed by atoms with Crippen LogP contribution in [0.1, 0.15) is 57.5 Å². The molecule has 0 aromatic heterocycles. The van der Waals surface area contributed by atoms with Crippen LogP contribution < -0.4 is 48.7 Å². The molecule has 2 amide bonds. The summed E-state index contributed by atoms with van der Waals surface area (Å²) < 4.78 is 42.6. The van der Waals surface area contributed by atoms with Crippen LogP contribution in [0.3, 0.4) is 0 Å². The zero-order chi connectivity index (χ0) is 40.5. The fourth-order valence-corrected chi connectivity index (χ4v) is 5.01. The molecule has 0 aliphatic heterocycles. The normalized spacial score (nSPS) is 10.8. The van der Waals surface area contributed by atoms with Gasteiger partial charge in [-0.25, -0.2) is 20.4 Å². The summed E-state index contributed by atoms with van der Waals surface area (Å²) in [6.45, 7) is 0. The van der Waals surface area contributed by atoms with Crippen LogP contribution in [0.25, 0.3) is 0 Å². The molecule has 0 atom stereocenters. The average Bonchev–Trinajstić information content (AvgIpc) is 3.22. The van der Waals surface area contributed by atoms with E-state index in [9.17, 15) is 19.2 Å². The van der Waals surface area contributed by atoms with Crippen LogP contribution in [0, 0.1) is 0 Å². The Morgan fingerprint density at radius 3 is 1.11 bits per heavy atom. The predicted molar refractivity (Wildman–Crippen MR) is 205 cm³/mol. The number of amides is 2. The number of benzene rings is 4. The van der Waals surface area contributed by atoms with Gasteiger partial charge in [0, 0.05) is 12.8 Å². The molecular weight excluding hydrogens is 728 g/mol. The summed E-state index contributed by atoms with van der Waals surface area (Å²) in [6.07, 6.45) is 4.15. The number of hydrogen-bond donors (Lipinski definition) is 2. The lowest BCUT2D eigenvalue weighted by atomic mass is 10.2. The maximum atomic E-state index is 12.7. The summed E-state index contributed by atoms with van der Waals surface area (Å²) in [5.74, 6) is 0.709. The molecule has 2 N–H and O–H groups in total. The number of hydrogen-bond acceptors (Lipinski definition) is 14. The van der Waals surface area contributed by atoms with Gasteiger partial charge in [0.1, 0.15) is 11.5 Å². The molecule has 0 aliphatic carbocycles. The van der Waals surface area contributed by atoms with E-state index in [1.54, 1.807) is 48.5 Å². The summed E-state index contributed by atoms with van der Waals surface area (Å²) in [6, 6.07) is 19.0. The van der Waals surface area contributed by atoms with Gasteiger partial charge in [-0.2, -0.15) is 10.2 Å². The summed E-state index contributed by atoms with van der Waals surface area (Å²) in [5, 5.41) is 7.92. The van der Waals surface area contributed by atoms with Crippen LogP contribution >= 0.6 is 0 Å². The van der Waals surface area contributed by atoms with Crippen molar-refractivity contribution in [2.75, 3.05) is 42.7 Å². The van der Waals surface area contributed by atoms with E-state index >= 15 is 0 Å². The molecular formula is C40H42N4O12. The third kappa shape index (κ3) is 11.7. The minimum absolute atomic E-state index is 0.167. The van der Waals surface area contributed by atoms with Crippen molar-refractivity contribution in [2.24, 2.45) is 10.2 Å². The fourth-order valence-electron chi connectivity index (χ4n) is 5.01. The monoisotopic (exact) mass is 770 g/mol. The van der Waals surface area contributed by atoms with E-state index in [0.717, 1.165) is 0 Å². The Labute approximate surface area is 323 Å². The first-order valence-corrected chi connectivity index (χ1v) is 17.0. The number of nitrogens with one attached hydrogen (secondary N) is 2. The highest BCUT2D eigenvalue weighted by Gasteiger charge is 2.20. The van der Waals surface area contributed by atoms with E-state index in [1.807, 2.05) is 0 Å². The summed E-state index contributed by atoms with van der Waals surface area (Å²) in [4.78, 5) is 49.9. The molecule has 0 spiro atoms. The maximum Gasteiger partial charge on any atom is 0.343 e. The lowest BCUT2D eigenvalue weighted by Crippen LogP contribution is -2.19. The lowest BCUT2D eigenvalue weighted by Gasteiger charge is -2.13. The van der Waals surface area contributed by atoms with Crippen LogP contribution in [-0.4, -0.2) is 78.8 Å². The number of carbonyl (C=O) groups excluding carboxylic acids is 4. The van der Waals surface area contributed by atoms with Gasteiger partial charge in [0.05, 0.1) is 66.2 Å². The average molecular weight is 771 g/mol. The number of hydrazone groups is 2. The van der Waals surface area contributed by atoms with Crippen molar-refractivity contribution in [1.82, 2.24) is 10.9 Å². The van der Waals surface area contributed by atoms with Gasteiger partial charge in [-0.3, -0.25) is 9.59 Å². The van der Waals surface area contributed by atoms with Crippen LogP contribution in [0.15, 0.2) is 83.0 Å². The molecule has 0 fully saturated rings. The molecule has 16 nitrogen and oxygen atoms in total. The van der Waals surface area contributed by atoms with Crippen molar-refractivity contribution in [3.8, 4) is 46.0 Å². The zero-order valence-corrected chi connectivity index (χ0v) is 31.7. The van der Waals surface area contributed by atoms with E-state index in [-0.39, 0.29) is 35.8 Å². The first kappa shape index (κ1) is 41.7. The topological polar surface area (TPSA) is 191 Å². The number of unbranched alkanes of at least 4 members (excludes halogenated alkanes) is 1. The lowest BCUT2D eigenvalue weighted by molar-refractivity contribution is -0.123. The Morgan fingerprint density at radius 1 is 0.500 bits per heavy atom. The van der Waals surface area contributed by atoms with Crippen molar-refractivity contribution < 1.29 is 57.1 Å². The molecule has 16 heteroatoms. The predicted octanol–water partition coefficient (Wildman–Crippen LogP) is 5.34. The second-order valence-electron chi connectivity index (χ2n) is 11.5.